The minimum atomic E-state index is -2.85. The Morgan fingerprint density at radius 3 is 2.83 bits per heavy atom. The van der Waals surface area contributed by atoms with Gasteiger partial charge in [-0.1, -0.05) is 29.4 Å². The van der Waals surface area contributed by atoms with Crippen LogP contribution in [0.3, 0.4) is 0 Å². The van der Waals surface area contributed by atoms with Crippen molar-refractivity contribution in [3.63, 3.8) is 0 Å². The summed E-state index contributed by atoms with van der Waals surface area (Å²) in [6.45, 7) is 4.01. The van der Waals surface area contributed by atoms with Crippen LogP contribution in [0.15, 0.2) is 41.1 Å². The zero-order chi connectivity index (χ0) is 21.1. The van der Waals surface area contributed by atoms with Crippen molar-refractivity contribution in [2.75, 3.05) is 13.1 Å². The molecule has 2 heterocycles. The van der Waals surface area contributed by atoms with E-state index in [4.69, 9.17) is 16.3 Å². The number of alkyl halides is 2. The molecule has 0 aliphatic carbocycles. The Kier molecular flexibility index (Phi) is 6.12. The summed E-state index contributed by atoms with van der Waals surface area (Å²) in [5.41, 5.74) is 0.0547. The van der Waals surface area contributed by atoms with Gasteiger partial charge in [0.2, 0.25) is 5.76 Å². The van der Waals surface area contributed by atoms with Gasteiger partial charge in [-0.15, -0.1) is 0 Å². The van der Waals surface area contributed by atoms with Gasteiger partial charge in [0.15, 0.2) is 5.69 Å². The third-order valence-electron chi connectivity index (χ3n) is 4.15. The summed E-state index contributed by atoms with van der Waals surface area (Å²) in [6, 6.07) is 4.98. The van der Waals surface area contributed by atoms with E-state index in [-0.39, 0.29) is 36.0 Å². The Labute approximate surface area is 168 Å². The Morgan fingerprint density at radius 2 is 2.17 bits per heavy atom. The highest BCUT2D eigenvalue weighted by Gasteiger charge is 2.32. The molecule has 1 unspecified atom stereocenters. The van der Waals surface area contributed by atoms with Gasteiger partial charge in [0, 0.05) is 24.7 Å². The molecule has 0 saturated carbocycles. The van der Waals surface area contributed by atoms with Crippen LogP contribution < -0.4 is 5.32 Å². The van der Waals surface area contributed by atoms with E-state index in [1.165, 1.54) is 17.0 Å². The fourth-order valence-corrected chi connectivity index (χ4v) is 2.75. The Balaban J connectivity index is 1.51. The highest BCUT2D eigenvalue weighted by Crippen LogP contribution is 2.28. The number of amides is 2. The molecule has 1 N–H and O–H groups in total. The number of nitrogens with one attached hydrogen (secondary N) is 1. The molecule has 2 amide bonds. The van der Waals surface area contributed by atoms with Crippen LogP contribution in [0.5, 0.6) is 0 Å². The number of aromatic nitrogens is 1. The maximum atomic E-state index is 13.6. The number of rotatable bonds is 7. The van der Waals surface area contributed by atoms with Crippen molar-refractivity contribution >= 4 is 23.6 Å². The molecule has 1 aliphatic rings. The zero-order valence-electron chi connectivity index (χ0n) is 14.8. The third-order valence-corrected chi connectivity index (χ3v) is 4.46. The van der Waals surface area contributed by atoms with Crippen LogP contribution in [-0.4, -0.2) is 35.1 Å². The van der Waals surface area contributed by atoms with Crippen LogP contribution >= 0.6 is 11.6 Å². The lowest BCUT2D eigenvalue weighted by Crippen LogP contribution is -2.29. The average Bonchev–Trinajstić information content (AvgIpc) is 3.29. The number of carbonyl (C=O) groups is 2. The lowest BCUT2D eigenvalue weighted by atomic mass is 10.1. The smallest absolute Gasteiger partial charge is 0.410 e. The molecule has 3 rings (SSSR count). The molecular formula is C18H15ClF3N3O4. The van der Waals surface area contributed by atoms with Gasteiger partial charge < -0.3 is 19.5 Å². The van der Waals surface area contributed by atoms with Crippen molar-refractivity contribution in [3.05, 3.63) is 64.4 Å². The van der Waals surface area contributed by atoms with E-state index in [2.05, 4.69) is 21.6 Å². The van der Waals surface area contributed by atoms with Gasteiger partial charge in [0.25, 0.3) is 12.3 Å². The van der Waals surface area contributed by atoms with Crippen LogP contribution in [0, 0.1) is 5.82 Å². The molecule has 0 bridgehead atoms. The number of nitrogens with zero attached hydrogens (tertiary/aromatic N) is 2. The summed E-state index contributed by atoms with van der Waals surface area (Å²) < 4.78 is 48.4. The van der Waals surface area contributed by atoms with Gasteiger partial charge in [0.05, 0.1) is 11.6 Å². The fourth-order valence-electron chi connectivity index (χ4n) is 2.63. The van der Waals surface area contributed by atoms with Gasteiger partial charge >= 0.3 is 6.09 Å². The summed E-state index contributed by atoms with van der Waals surface area (Å²) in [7, 11) is 0. The Hall–Kier alpha value is -3.01. The minimum absolute atomic E-state index is 0.0330. The predicted molar refractivity (Wildman–Crippen MR) is 94.9 cm³/mol. The van der Waals surface area contributed by atoms with Crippen LogP contribution in [-0.2, 0) is 4.74 Å². The molecule has 1 saturated heterocycles. The highest BCUT2D eigenvalue weighted by atomic mass is 35.5. The molecule has 0 radical (unpaired) electrons. The van der Waals surface area contributed by atoms with Crippen molar-refractivity contribution in [2.24, 2.45) is 0 Å². The molecule has 1 aromatic carbocycles. The first-order valence-corrected chi connectivity index (χ1v) is 8.76. The molecule has 154 valence electrons. The monoisotopic (exact) mass is 429 g/mol. The standard InChI is InChI=1S/C18H15ClF3N3O4/c1-9(23-17(26)14-7-13(16(21)22)24-29-14)4-5-25-8-15(28-18(25)27)10-2-3-11(19)12(20)6-10/h2-3,6-7,15-16H,1,4-5,8H2,(H,23,26). The normalized spacial score (nSPS) is 16.2. The zero-order valence-corrected chi connectivity index (χ0v) is 15.6. The molecule has 29 heavy (non-hydrogen) atoms. The second-order valence-corrected chi connectivity index (χ2v) is 6.62. The summed E-state index contributed by atoms with van der Waals surface area (Å²) >= 11 is 5.65. The van der Waals surface area contributed by atoms with Crippen molar-refractivity contribution in [3.8, 4) is 0 Å². The number of halogens is 4. The van der Waals surface area contributed by atoms with Crippen LogP contribution in [0.2, 0.25) is 5.02 Å². The van der Waals surface area contributed by atoms with Gasteiger partial charge in [-0.25, -0.2) is 18.0 Å². The lowest BCUT2D eigenvalue weighted by Gasteiger charge is -2.14. The number of cyclic esters (lactones) is 1. The highest BCUT2D eigenvalue weighted by molar-refractivity contribution is 6.30. The van der Waals surface area contributed by atoms with E-state index < -0.39 is 36.0 Å². The SMILES string of the molecule is C=C(CCN1CC(c2ccc(Cl)c(F)c2)OC1=O)NC(=O)c1cc(C(F)F)no1. The van der Waals surface area contributed by atoms with Crippen LogP contribution in [0.1, 0.15) is 40.8 Å². The van der Waals surface area contributed by atoms with Gasteiger partial charge in [-0.2, -0.15) is 0 Å². The lowest BCUT2D eigenvalue weighted by molar-refractivity contribution is 0.0925. The number of carbonyl (C=O) groups excluding carboxylic acids is 2. The molecule has 1 atom stereocenters. The maximum absolute atomic E-state index is 13.6. The second kappa shape index (κ2) is 8.56. The molecule has 1 aliphatic heterocycles. The Morgan fingerprint density at radius 1 is 1.41 bits per heavy atom. The average molecular weight is 430 g/mol. The van der Waals surface area contributed by atoms with Crippen molar-refractivity contribution in [1.29, 1.82) is 0 Å². The molecule has 11 heteroatoms. The minimum Gasteiger partial charge on any atom is -0.439 e. The van der Waals surface area contributed by atoms with Crippen molar-refractivity contribution < 1.29 is 32.0 Å². The first-order chi connectivity index (χ1) is 13.7. The third kappa shape index (κ3) is 4.89. The van der Waals surface area contributed by atoms with Crippen LogP contribution in [0.4, 0.5) is 18.0 Å². The number of benzene rings is 1. The largest absolute Gasteiger partial charge is 0.439 e. The summed E-state index contributed by atoms with van der Waals surface area (Å²) in [4.78, 5) is 25.3. The number of hydrogen-bond donors (Lipinski definition) is 1. The van der Waals surface area contributed by atoms with Crippen LogP contribution in [0.25, 0.3) is 0 Å². The number of ether oxygens (including phenoxy) is 1. The second-order valence-electron chi connectivity index (χ2n) is 6.22. The summed E-state index contributed by atoms with van der Waals surface area (Å²) in [5, 5.41) is 5.45. The van der Waals surface area contributed by atoms with Gasteiger partial charge in [-0.05, 0) is 17.7 Å². The van der Waals surface area contributed by atoms with Crippen molar-refractivity contribution in [1.82, 2.24) is 15.4 Å². The molecule has 1 fully saturated rings. The van der Waals surface area contributed by atoms with Gasteiger partial charge in [0.1, 0.15) is 11.9 Å². The molecule has 1 aromatic heterocycles. The van der Waals surface area contributed by atoms with E-state index in [1.54, 1.807) is 6.07 Å². The van der Waals surface area contributed by atoms with E-state index in [9.17, 15) is 22.8 Å². The maximum Gasteiger partial charge on any atom is 0.410 e. The Bertz CT molecular complexity index is 950. The van der Waals surface area contributed by atoms with E-state index >= 15 is 0 Å². The van der Waals surface area contributed by atoms with E-state index in [0.717, 1.165) is 6.07 Å². The predicted octanol–water partition coefficient (Wildman–Crippen LogP) is 4.23. The van der Waals surface area contributed by atoms with Gasteiger partial charge in [-0.3, -0.25) is 4.79 Å². The van der Waals surface area contributed by atoms with E-state index in [1.807, 2.05) is 0 Å². The number of hydrogen-bond acceptors (Lipinski definition) is 5. The summed E-state index contributed by atoms with van der Waals surface area (Å²) in [6.07, 6.45) is -3.93. The topological polar surface area (TPSA) is 84.7 Å². The molecule has 2 aromatic rings. The van der Waals surface area contributed by atoms with E-state index in [0.29, 0.717) is 5.56 Å². The first kappa shape index (κ1) is 20.7. The summed E-state index contributed by atoms with van der Waals surface area (Å²) in [5.74, 6) is -1.78. The fraction of sp³-hybridized carbons (Fsp3) is 0.278. The van der Waals surface area contributed by atoms with Crippen molar-refractivity contribution in [2.45, 2.75) is 19.0 Å². The quantitative estimate of drug-likeness (QED) is 0.712. The molecule has 0 spiro atoms. The molecule has 7 nitrogen and oxygen atoms in total. The first-order valence-electron chi connectivity index (χ1n) is 8.39. The molecular weight excluding hydrogens is 415 g/mol.